The number of fused-ring (bicyclic) bond motifs is 1. The number of hydrogen-bond acceptors (Lipinski definition) is 3. The number of halogens is 2. The largest absolute Gasteiger partial charge is 0.323 e. The Hall–Kier alpha value is -0.690. The van der Waals surface area contributed by atoms with Gasteiger partial charge in [0.2, 0.25) is 5.91 Å². The minimum atomic E-state index is 0.0175. The molecule has 116 valence electrons. The predicted octanol–water partition coefficient (Wildman–Crippen LogP) is 4.58. The third-order valence-electron chi connectivity index (χ3n) is 3.70. The molecule has 1 aromatic carbocycles. The van der Waals surface area contributed by atoms with Crippen LogP contribution >= 0.6 is 43.2 Å². The fourth-order valence-corrected chi connectivity index (χ4v) is 5.15. The number of thiophene rings is 1. The third-order valence-corrected chi connectivity index (χ3v) is 5.98. The number of anilines is 1. The molecule has 0 saturated heterocycles. The average molecular weight is 444 g/mol. The van der Waals surface area contributed by atoms with E-state index < -0.39 is 0 Å². The summed E-state index contributed by atoms with van der Waals surface area (Å²) in [6.45, 7) is 4.25. The van der Waals surface area contributed by atoms with Crippen molar-refractivity contribution in [3.8, 4) is 0 Å². The van der Waals surface area contributed by atoms with Gasteiger partial charge in [-0.05, 0) is 79.9 Å². The lowest BCUT2D eigenvalue weighted by Gasteiger charge is -2.26. The van der Waals surface area contributed by atoms with Crippen molar-refractivity contribution in [3.63, 3.8) is 0 Å². The molecule has 2 heterocycles. The van der Waals surface area contributed by atoms with Crippen molar-refractivity contribution in [1.29, 1.82) is 0 Å². The maximum Gasteiger partial charge on any atom is 0.238 e. The number of rotatable bonds is 3. The molecule has 3 rings (SSSR count). The summed E-state index contributed by atoms with van der Waals surface area (Å²) in [7, 11) is 0. The minimum absolute atomic E-state index is 0.0175. The summed E-state index contributed by atoms with van der Waals surface area (Å²) in [6, 6.07) is 6.16. The second-order valence-electron chi connectivity index (χ2n) is 5.48. The molecule has 0 unspecified atom stereocenters. The molecule has 0 atom stereocenters. The van der Waals surface area contributed by atoms with Crippen LogP contribution in [0.2, 0.25) is 0 Å². The molecule has 2 aromatic rings. The topological polar surface area (TPSA) is 32.3 Å². The van der Waals surface area contributed by atoms with Crippen LogP contribution in [-0.4, -0.2) is 23.9 Å². The Kier molecular flexibility index (Phi) is 5.02. The molecule has 1 N–H and O–H groups in total. The molecule has 6 heteroatoms. The highest BCUT2D eigenvalue weighted by Gasteiger charge is 2.20. The monoisotopic (exact) mass is 442 g/mol. The van der Waals surface area contributed by atoms with E-state index in [1.807, 2.05) is 30.4 Å². The molecule has 3 nitrogen and oxygen atoms in total. The Morgan fingerprint density at radius 3 is 2.82 bits per heavy atom. The lowest BCUT2D eigenvalue weighted by Crippen LogP contribution is -2.36. The van der Waals surface area contributed by atoms with Crippen LogP contribution in [-0.2, 0) is 17.8 Å². The number of hydrogen-bond donors (Lipinski definition) is 1. The number of nitrogens with zero attached hydrogens (tertiary/aromatic N) is 1. The van der Waals surface area contributed by atoms with Crippen LogP contribution in [0.3, 0.4) is 0 Å². The standard InChI is InChI=1S/C16H16Br2N2OS/c1-10-6-12(17)16(13(18)7-10)19-15(21)9-20-4-2-14-11(8-20)3-5-22-14/h3,5-7H,2,4,8-9H2,1H3,(H,19,21). The van der Waals surface area contributed by atoms with Crippen molar-refractivity contribution >= 4 is 54.8 Å². The number of carbonyl (C=O) groups is 1. The lowest BCUT2D eigenvalue weighted by molar-refractivity contribution is -0.117. The zero-order chi connectivity index (χ0) is 15.7. The van der Waals surface area contributed by atoms with E-state index >= 15 is 0 Å². The second kappa shape index (κ2) is 6.83. The van der Waals surface area contributed by atoms with E-state index in [2.05, 4.69) is 53.5 Å². The van der Waals surface area contributed by atoms with Gasteiger partial charge in [0, 0.05) is 26.9 Å². The first kappa shape index (κ1) is 16.2. The van der Waals surface area contributed by atoms with Crippen LogP contribution < -0.4 is 5.32 Å². The Morgan fingerprint density at radius 1 is 1.36 bits per heavy atom. The van der Waals surface area contributed by atoms with Gasteiger partial charge in [0.15, 0.2) is 0 Å². The summed E-state index contributed by atoms with van der Waals surface area (Å²) in [5, 5.41) is 5.13. The van der Waals surface area contributed by atoms with Crippen LogP contribution in [0.1, 0.15) is 16.0 Å². The smallest absolute Gasteiger partial charge is 0.238 e. The summed E-state index contributed by atoms with van der Waals surface area (Å²) < 4.78 is 1.79. The van der Waals surface area contributed by atoms with E-state index in [1.54, 1.807) is 0 Å². The van der Waals surface area contributed by atoms with Gasteiger partial charge in [0.1, 0.15) is 0 Å². The summed E-state index contributed by atoms with van der Waals surface area (Å²) in [4.78, 5) is 16.0. The molecule has 0 radical (unpaired) electrons. The normalized spacial score (nSPS) is 14.7. The fraction of sp³-hybridized carbons (Fsp3) is 0.312. The molecule has 0 saturated carbocycles. The molecule has 22 heavy (non-hydrogen) atoms. The van der Waals surface area contributed by atoms with Crippen LogP contribution in [0.25, 0.3) is 0 Å². The van der Waals surface area contributed by atoms with Gasteiger partial charge in [-0.15, -0.1) is 11.3 Å². The van der Waals surface area contributed by atoms with Crippen LogP contribution in [0.5, 0.6) is 0 Å². The average Bonchev–Trinajstić information content (AvgIpc) is 2.90. The van der Waals surface area contributed by atoms with E-state index in [1.165, 1.54) is 10.4 Å². The van der Waals surface area contributed by atoms with Gasteiger partial charge in [-0.1, -0.05) is 0 Å². The summed E-state index contributed by atoms with van der Waals surface area (Å²) in [6.07, 6.45) is 1.04. The number of nitrogens with one attached hydrogen (secondary N) is 1. The van der Waals surface area contributed by atoms with E-state index in [4.69, 9.17) is 0 Å². The highest BCUT2D eigenvalue weighted by molar-refractivity contribution is 9.11. The molecule has 1 aromatic heterocycles. The minimum Gasteiger partial charge on any atom is -0.323 e. The summed E-state index contributed by atoms with van der Waals surface area (Å²) >= 11 is 8.84. The van der Waals surface area contributed by atoms with Gasteiger partial charge in [-0.3, -0.25) is 9.69 Å². The summed E-state index contributed by atoms with van der Waals surface area (Å²) in [5.74, 6) is 0.0175. The molecular formula is C16H16Br2N2OS. The maximum absolute atomic E-state index is 12.3. The molecule has 0 spiro atoms. The maximum atomic E-state index is 12.3. The van der Waals surface area contributed by atoms with Gasteiger partial charge >= 0.3 is 0 Å². The van der Waals surface area contributed by atoms with Crippen molar-refractivity contribution in [2.24, 2.45) is 0 Å². The van der Waals surface area contributed by atoms with Crippen molar-refractivity contribution in [2.75, 3.05) is 18.4 Å². The SMILES string of the molecule is Cc1cc(Br)c(NC(=O)CN2CCc3sccc3C2)c(Br)c1. The Labute approximate surface area is 151 Å². The first-order valence-electron chi connectivity index (χ1n) is 7.06. The number of carbonyl (C=O) groups excluding carboxylic acids is 1. The second-order valence-corrected chi connectivity index (χ2v) is 8.19. The molecule has 1 aliphatic rings. The molecule has 0 fully saturated rings. The van der Waals surface area contributed by atoms with E-state index in [9.17, 15) is 4.79 Å². The first-order valence-corrected chi connectivity index (χ1v) is 9.52. The third kappa shape index (κ3) is 3.62. The van der Waals surface area contributed by atoms with Crippen LogP contribution in [0, 0.1) is 6.92 Å². The van der Waals surface area contributed by atoms with Gasteiger partial charge in [-0.2, -0.15) is 0 Å². The number of amides is 1. The molecule has 0 aliphatic carbocycles. The molecule has 1 amide bonds. The Balaban J connectivity index is 1.64. The van der Waals surface area contributed by atoms with Crippen molar-refractivity contribution in [1.82, 2.24) is 4.90 Å². The Morgan fingerprint density at radius 2 is 2.09 bits per heavy atom. The van der Waals surface area contributed by atoms with Gasteiger partial charge in [0.25, 0.3) is 0 Å². The predicted molar refractivity (Wildman–Crippen MR) is 98.5 cm³/mol. The highest BCUT2D eigenvalue weighted by Crippen LogP contribution is 2.32. The molecule has 1 aliphatic heterocycles. The van der Waals surface area contributed by atoms with E-state index in [0.29, 0.717) is 6.54 Å². The van der Waals surface area contributed by atoms with Crippen molar-refractivity contribution < 1.29 is 4.79 Å². The number of benzene rings is 1. The van der Waals surface area contributed by atoms with Gasteiger partial charge in [0.05, 0.1) is 12.2 Å². The Bertz CT molecular complexity index is 691. The first-order chi connectivity index (χ1) is 10.5. The highest BCUT2D eigenvalue weighted by atomic mass is 79.9. The van der Waals surface area contributed by atoms with Crippen LogP contribution in [0.4, 0.5) is 5.69 Å². The summed E-state index contributed by atoms with van der Waals surface area (Å²) in [5.41, 5.74) is 3.29. The molecular weight excluding hydrogens is 428 g/mol. The zero-order valence-electron chi connectivity index (χ0n) is 12.2. The quantitative estimate of drug-likeness (QED) is 0.752. The van der Waals surface area contributed by atoms with Crippen molar-refractivity contribution in [3.05, 3.63) is 48.5 Å². The van der Waals surface area contributed by atoms with E-state index in [-0.39, 0.29) is 5.91 Å². The van der Waals surface area contributed by atoms with Crippen LogP contribution in [0.15, 0.2) is 32.5 Å². The van der Waals surface area contributed by atoms with Gasteiger partial charge < -0.3 is 5.32 Å². The number of aryl methyl sites for hydroxylation is 1. The zero-order valence-corrected chi connectivity index (χ0v) is 16.1. The van der Waals surface area contributed by atoms with E-state index in [0.717, 1.165) is 39.7 Å². The van der Waals surface area contributed by atoms with Gasteiger partial charge in [-0.25, -0.2) is 0 Å². The lowest BCUT2D eigenvalue weighted by atomic mass is 10.1. The fourth-order valence-electron chi connectivity index (χ4n) is 2.64. The van der Waals surface area contributed by atoms with Crippen molar-refractivity contribution in [2.45, 2.75) is 19.9 Å². The molecule has 0 bridgehead atoms.